The summed E-state index contributed by atoms with van der Waals surface area (Å²) < 4.78 is 37.7. The summed E-state index contributed by atoms with van der Waals surface area (Å²) in [5.41, 5.74) is 6.01. The number of hydrogen-bond acceptors (Lipinski definition) is 1. The van der Waals surface area contributed by atoms with Crippen molar-refractivity contribution in [3.8, 4) is 0 Å². The zero-order valence-corrected chi connectivity index (χ0v) is 5.44. The van der Waals surface area contributed by atoms with Crippen molar-refractivity contribution >= 4 is 0 Å². The van der Waals surface area contributed by atoms with E-state index in [4.69, 9.17) is 12.6 Å². The van der Waals surface area contributed by atoms with Gasteiger partial charge in [0.1, 0.15) is 0 Å². The van der Waals surface area contributed by atoms with Gasteiger partial charge in [-0.05, 0) is 12.0 Å². The van der Waals surface area contributed by atoms with Crippen LogP contribution in [0.5, 0.6) is 0 Å². The average molecular weight is 138 g/mol. The van der Waals surface area contributed by atoms with E-state index in [2.05, 4.69) is 0 Å². The maximum Gasteiger partial charge on any atom is 0.0626 e. The van der Waals surface area contributed by atoms with E-state index in [0.29, 0.717) is 12.0 Å². The van der Waals surface area contributed by atoms with Crippen molar-refractivity contribution in [2.75, 3.05) is 0 Å². The molecule has 0 amide bonds. The molecule has 0 aliphatic heterocycles. The standard InChI is InChI=1S/C9H11N/c10-9-6-8(9)7-4-2-1-3-5-7/h1-5,8-9H,6,10H2/i1D,2D,3D,4D,5D. The number of rotatable bonds is 1. The third-order valence-electron chi connectivity index (χ3n) is 1.73. The molecule has 1 heteroatoms. The Balaban J connectivity index is 2.64. The quantitative estimate of drug-likeness (QED) is 0.625. The number of hydrogen-bond donors (Lipinski definition) is 1. The molecule has 1 nitrogen and oxygen atoms in total. The molecule has 1 saturated carbocycles. The van der Waals surface area contributed by atoms with Crippen molar-refractivity contribution in [2.24, 2.45) is 5.73 Å². The van der Waals surface area contributed by atoms with Gasteiger partial charge in [-0.15, -0.1) is 0 Å². The van der Waals surface area contributed by atoms with Crippen molar-refractivity contribution < 1.29 is 6.85 Å². The first kappa shape index (κ1) is 2.67. The molecule has 1 fully saturated rings. The second-order valence-electron chi connectivity index (χ2n) is 2.54. The summed E-state index contributed by atoms with van der Waals surface area (Å²) in [6, 6.07) is -1.18. The summed E-state index contributed by atoms with van der Waals surface area (Å²) in [5, 5.41) is 0. The molecule has 0 aromatic heterocycles. The first-order valence-corrected chi connectivity index (χ1v) is 3.27. The summed E-state index contributed by atoms with van der Waals surface area (Å²) in [6.45, 7) is 0. The Morgan fingerprint density at radius 3 is 2.50 bits per heavy atom. The first-order valence-electron chi connectivity index (χ1n) is 5.77. The lowest BCUT2D eigenvalue weighted by atomic mass is 10.1. The van der Waals surface area contributed by atoms with Gasteiger partial charge in [-0.3, -0.25) is 0 Å². The summed E-state index contributed by atoms with van der Waals surface area (Å²) in [7, 11) is 0. The van der Waals surface area contributed by atoms with Crippen LogP contribution in [0.4, 0.5) is 0 Å². The molecule has 10 heavy (non-hydrogen) atoms. The van der Waals surface area contributed by atoms with Gasteiger partial charge in [-0.1, -0.05) is 30.2 Å². The number of benzene rings is 1. The highest BCUT2D eigenvalue weighted by Gasteiger charge is 2.34. The van der Waals surface area contributed by atoms with Gasteiger partial charge >= 0.3 is 0 Å². The lowest BCUT2D eigenvalue weighted by Crippen LogP contribution is -2.00. The van der Waals surface area contributed by atoms with Gasteiger partial charge in [-0.25, -0.2) is 0 Å². The highest BCUT2D eigenvalue weighted by molar-refractivity contribution is 5.26. The van der Waals surface area contributed by atoms with Gasteiger partial charge in [0.2, 0.25) is 0 Å². The first-order chi connectivity index (χ1) is 6.95. The van der Waals surface area contributed by atoms with E-state index in [1.54, 1.807) is 0 Å². The molecular weight excluding hydrogens is 122 g/mol. The van der Waals surface area contributed by atoms with Crippen LogP contribution >= 0.6 is 0 Å². The second kappa shape index (κ2) is 2.10. The third-order valence-corrected chi connectivity index (χ3v) is 1.73. The van der Waals surface area contributed by atoms with Gasteiger partial charge in [0.05, 0.1) is 6.85 Å². The molecule has 1 aliphatic rings. The Morgan fingerprint density at radius 1 is 1.40 bits per heavy atom. The molecule has 52 valence electrons. The molecule has 2 rings (SSSR count). The Bertz CT molecular complexity index is 402. The molecule has 0 radical (unpaired) electrons. The summed E-state index contributed by atoms with van der Waals surface area (Å²) in [4.78, 5) is 0. The average Bonchev–Trinajstić information content (AvgIpc) is 2.90. The van der Waals surface area contributed by atoms with Gasteiger partial charge in [0, 0.05) is 12.0 Å². The van der Waals surface area contributed by atoms with Crippen LogP contribution in [0.2, 0.25) is 0 Å². The minimum atomic E-state index is -0.344. The van der Waals surface area contributed by atoms with E-state index in [1.165, 1.54) is 0 Å². The Hall–Kier alpha value is -0.820. The minimum absolute atomic E-state index is 0.0615. The van der Waals surface area contributed by atoms with Crippen LogP contribution in [0.15, 0.2) is 30.2 Å². The van der Waals surface area contributed by atoms with E-state index in [9.17, 15) is 0 Å². The fourth-order valence-corrected chi connectivity index (χ4v) is 0.992. The fraction of sp³-hybridized carbons (Fsp3) is 0.333. The van der Waals surface area contributed by atoms with Crippen LogP contribution in [0.1, 0.15) is 24.8 Å². The highest BCUT2D eigenvalue weighted by Crippen LogP contribution is 2.38. The molecule has 2 atom stereocenters. The van der Waals surface area contributed by atoms with E-state index in [1.807, 2.05) is 0 Å². The van der Waals surface area contributed by atoms with Crippen LogP contribution in [0.25, 0.3) is 0 Å². The molecule has 1 aromatic rings. The normalized spacial score (nSPS) is 37.1. The minimum Gasteiger partial charge on any atom is -0.327 e. The molecule has 2 N–H and O–H groups in total. The van der Waals surface area contributed by atoms with E-state index < -0.39 is 0 Å². The maximum absolute atomic E-state index is 7.67. The highest BCUT2D eigenvalue weighted by atomic mass is 14.7. The van der Waals surface area contributed by atoms with E-state index in [-0.39, 0.29) is 42.2 Å². The van der Waals surface area contributed by atoms with Crippen molar-refractivity contribution in [3.63, 3.8) is 0 Å². The molecule has 2 unspecified atom stereocenters. The predicted octanol–water partition coefficient (Wildman–Crippen LogP) is 1.50. The van der Waals surface area contributed by atoms with Crippen LogP contribution in [-0.4, -0.2) is 6.04 Å². The van der Waals surface area contributed by atoms with E-state index in [0.717, 1.165) is 0 Å². The lowest BCUT2D eigenvalue weighted by Gasteiger charge is -1.94. The molecule has 0 saturated heterocycles. The number of nitrogens with two attached hydrogens (primary N) is 1. The topological polar surface area (TPSA) is 26.0 Å². The fourth-order valence-electron chi connectivity index (χ4n) is 0.992. The van der Waals surface area contributed by atoms with Gasteiger partial charge in [-0.2, -0.15) is 0 Å². The lowest BCUT2D eigenvalue weighted by molar-refractivity contribution is 0.991. The van der Waals surface area contributed by atoms with Gasteiger partial charge in [0.15, 0.2) is 0 Å². The Morgan fingerprint density at radius 2 is 2.00 bits per heavy atom. The third kappa shape index (κ3) is 0.929. The van der Waals surface area contributed by atoms with Crippen molar-refractivity contribution in [1.82, 2.24) is 0 Å². The van der Waals surface area contributed by atoms with Crippen molar-refractivity contribution in [1.29, 1.82) is 0 Å². The molecule has 0 bridgehead atoms. The van der Waals surface area contributed by atoms with Crippen LogP contribution in [0, 0.1) is 0 Å². The largest absolute Gasteiger partial charge is 0.327 e. The maximum atomic E-state index is 7.67. The molecule has 0 spiro atoms. The molecular formula is C9H11N. The second-order valence-corrected chi connectivity index (χ2v) is 2.54. The summed E-state index contributed by atoms with van der Waals surface area (Å²) in [5.74, 6) is -0.0706. The Labute approximate surface area is 67.9 Å². The Kier molecular flexibility index (Phi) is 0.559. The van der Waals surface area contributed by atoms with Gasteiger partial charge < -0.3 is 5.73 Å². The smallest absolute Gasteiger partial charge is 0.0626 e. The van der Waals surface area contributed by atoms with Crippen molar-refractivity contribution in [3.05, 3.63) is 35.8 Å². The molecule has 0 heterocycles. The van der Waals surface area contributed by atoms with Crippen LogP contribution in [-0.2, 0) is 0 Å². The zero-order valence-electron chi connectivity index (χ0n) is 10.4. The molecule has 1 aliphatic carbocycles. The van der Waals surface area contributed by atoms with Crippen molar-refractivity contribution in [2.45, 2.75) is 18.4 Å². The predicted molar refractivity (Wildman–Crippen MR) is 41.8 cm³/mol. The SMILES string of the molecule is [2H]c1c([2H])c([2H])c(C2CC2N)c([2H])c1[2H]. The van der Waals surface area contributed by atoms with Crippen LogP contribution in [0.3, 0.4) is 0 Å². The van der Waals surface area contributed by atoms with E-state index >= 15 is 0 Å². The zero-order chi connectivity index (χ0) is 11.3. The molecule has 1 aromatic carbocycles. The monoisotopic (exact) mass is 138 g/mol. The van der Waals surface area contributed by atoms with Gasteiger partial charge in [0.25, 0.3) is 0 Å². The van der Waals surface area contributed by atoms with Crippen LogP contribution < -0.4 is 5.73 Å². The summed E-state index contributed by atoms with van der Waals surface area (Å²) in [6.07, 6.45) is 0.702. The summed E-state index contributed by atoms with van der Waals surface area (Å²) >= 11 is 0.